The van der Waals surface area contributed by atoms with Gasteiger partial charge < -0.3 is 10.0 Å². The van der Waals surface area contributed by atoms with E-state index in [9.17, 15) is 9.90 Å². The van der Waals surface area contributed by atoms with Crippen LogP contribution in [0.3, 0.4) is 0 Å². The maximum atomic E-state index is 12.7. The van der Waals surface area contributed by atoms with Crippen LogP contribution in [-0.2, 0) is 0 Å². The first-order chi connectivity index (χ1) is 9.95. The number of rotatable bonds is 2. The third-order valence-corrected chi connectivity index (χ3v) is 4.95. The molecular weight excluding hydrogens is 288 g/mol. The molecule has 0 radical (unpaired) electrons. The molecule has 114 valence electrons. The van der Waals surface area contributed by atoms with Crippen LogP contribution in [0.1, 0.15) is 48.7 Å². The quantitative estimate of drug-likeness (QED) is 0.855. The maximum Gasteiger partial charge on any atom is 0.254 e. The Bertz CT molecular complexity index is 561. The molecule has 1 aromatic heterocycles. The van der Waals surface area contributed by atoms with E-state index in [0.717, 1.165) is 25.1 Å². The Morgan fingerprint density at radius 2 is 2.14 bits per heavy atom. The third kappa shape index (κ3) is 2.79. The second-order valence-corrected chi connectivity index (χ2v) is 6.92. The molecule has 2 aliphatic rings. The largest absolute Gasteiger partial charge is 0.393 e. The fourth-order valence-electron chi connectivity index (χ4n) is 3.52. The predicted molar refractivity (Wildman–Crippen MR) is 81.5 cm³/mol. The van der Waals surface area contributed by atoms with Crippen molar-refractivity contribution in [2.45, 2.75) is 38.7 Å². The molecule has 1 amide bonds. The number of aliphatic hydroxyl groups is 1. The van der Waals surface area contributed by atoms with Gasteiger partial charge in [-0.3, -0.25) is 4.79 Å². The molecule has 3 rings (SSSR count). The van der Waals surface area contributed by atoms with Crippen LogP contribution in [0.5, 0.6) is 0 Å². The molecule has 2 fully saturated rings. The summed E-state index contributed by atoms with van der Waals surface area (Å²) < 4.78 is 0. The number of likely N-dealkylation sites (tertiary alicyclic amines) is 1. The first-order valence-electron chi connectivity index (χ1n) is 7.60. The molecule has 0 bridgehead atoms. The van der Waals surface area contributed by atoms with Crippen LogP contribution in [0, 0.1) is 11.8 Å². The van der Waals surface area contributed by atoms with E-state index in [0.29, 0.717) is 23.2 Å². The molecule has 1 aliphatic carbocycles. The summed E-state index contributed by atoms with van der Waals surface area (Å²) in [6.07, 6.45) is 1.64. The topological polar surface area (TPSA) is 53.4 Å². The number of pyridine rings is 1. The summed E-state index contributed by atoms with van der Waals surface area (Å²) in [6.45, 7) is 5.46. The highest BCUT2D eigenvalue weighted by Gasteiger charge is 2.43. The molecule has 4 nitrogen and oxygen atoms in total. The minimum Gasteiger partial charge on any atom is -0.393 e. The second kappa shape index (κ2) is 5.58. The Kier molecular flexibility index (Phi) is 3.93. The molecule has 0 aromatic carbocycles. The van der Waals surface area contributed by atoms with Gasteiger partial charge in [0.15, 0.2) is 0 Å². The average molecular weight is 309 g/mol. The Morgan fingerprint density at radius 3 is 2.81 bits per heavy atom. The van der Waals surface area contributed by atoms with E-state index in [-0.39, 0.29) is 23.8 Å². The van der Waals surface area contributed by atoms with Crippen molar-refractivity contribution in [1.82, 2.24) is 9.88 Å². The number of carbonyl (C=O) groups is 1. The number of hydrogen-bond acceptors (Lipinski definition) is 3. The van der Waals surface area contributed by atoms with E-state index in [4.69, 9.17) is 11.6 Å². The zero-order valence-electron chi connectivity index (χ0n) is 12.4. The standard InChI is InChI=1S/C16H21ClN2O2/c1-9(2)13-5-11(6-15(17)18-13)16(21)19-7-10-3-4-14(20)12(10)8-19/h5-6,9-10,12,14,20H,3-4,7-8H2,1-2H3. The molecule has 1 saturated carbocycles. The van der Waals surface area contributed by atoms with Gasteiger partial charge >= 0.3 is 0 Å². The molecule has 0 spiro atoms. The van der Waals surface area contributed by atoms with Gasteiger partial charge in [0.1, 0.15) is 5.15 Å². The number of aromatic nitrogens is 1. The van der Waals surface area contributed by atoms with Crippen LogP contribution >= 0.6 is 11.6 Å². The minimum atomic E-state index is -0.250. The summed E-state index contributed by atoms with van der Waals surface area (Å²) in [5.41, 5.74) is 1.44. The maximum absolute atomic E-state index is 12.7. The van der Waals surface area contributed by atoms with Crippen molar-refractivity contribution in [1.29, 1.82) is 0 Å². The lowest BCUT2D eigenvalue weighted by Crippen LogP contribution is -2.31. The van der Waals surface area contributed by atoms with Crippen molar-refractivity contribution in [3.8, 4) is 0 Å². The number of halogens is 1. The van der Waals surface area contributed by atoms with E-state index in [1.165, 1.54) is 0 Å². The minimum absolute atomic E-state index is 0.00259. The molecule has 3 unspecified atom stereocenters. The van der Waals surface area contributed by atoms with Crippen LogP contribution in [0.4, 0.5) is 0 Å². The first-order valence-corrected chi connectivity index (χ1v) is 7.98. The molecule has 2 heterocycles. The lowest BCUT2D eigenvalue weighted by atomic mass is 10.00. The van der Waals surface area contributed by atoms with Gasteiger partial charge in [0.2, 0.25) is 0 Å². The van der Waals surface area contributed by atoms with Crippen molar-refractivity contribution >= 4 is 17.5 Å². The van der Waals surface area contributed by atoms with Crippen molar-refractivity contribution in [2.75, 3.05) is 13.1 Å². The number of fused-ring (bicyclic) bond motifs is 1. The summed E-state index contributed by atoms with van der Waals surface area (Å²) >= 11 is 6.04. The summed E-state index contributed by atoms with van der Waals surface area (Å²) in [5, 5.41) is 10.3. The summed E-state index contributed by atoms with van der Waals surface area (Å²) in [4.78, 5) is 18.8. The van der Waals surface area contributed by atoms with Gasteiger partial charge in [-0.1, -0.05) is 25.4 Å². The zero-order valence-corrected chi connectivity index (χ0v) is 13.2. The highest BCUT2D eigenvalue weighted by Crippen LogP contribution is 2.38. The van der Waals surface area contributed by atoms with Gasteiger partial charge in [-0.15, -0.1) is 0 Å². The van der Waals surface area contributed by atoms with Crippen molar-refractivity contribution in [3.05, 3.63) is 28.5 Å². The lowest BCUT2D eigenvalue weighted by Gasteiger charge is -2.19. The van der Waals surface area contributed by atoms with Crippen LogP contribution in [0.15, 0.2) is 12.1 Å². The summed E-state index contributed by atoms with van der Waals surface area (Å²) in [6, 6.07) is 3.48. The van der Waals surface area contributed by atoms with Gasteiger partial charge in [-0.25, -0.2) is 4.98 Å². The molecule has 1 aromatic rings. The first kappa shape index (κ1) is 14.8. The van der Waals surface area contributed by atoms with Crippen molar-refractivity contribution in [3.63, 3.8) is 0 Å². The number of amides is 1. The van der Waals surface area contributed by atoms with Gasteiger partial charge in [-0.05, 0) is 36.8 Å². The number of carbonyl (C=O) groups excluding carboxylic acids is 1. The summed E-state index contributed by atoms with van der Waals surface area (Å²) in [7, 11) is 0. The zero-order chi connectivity index (χ0) is 15.1. The number of nitrogens with zero attached hydrogens (tertiary/aromatic N) is 2. The van der Waals surface area contributed by atoms with Crippen LogP contribution in [-0.4, -0.2) is 40.1 Å². The normalized spacial score (nSPS) is 28.2. The van der Waals surface area contributed by atoms with E-state index in [1.54, 1.807) is 6.07 Å². The van der Waals surface area contributed by atoms with E-state index >= 15 is 0 Å². The number of aliphatic hydroxyl groups excluding tert-OH is 1. The van der Waals surface area contributed by atoms with Crippen molar-refractivity contribution in [2.24, 2.45) is 11.8 Å². The Labute approximate surface area is 130 Å². The van der Waals surface area contributed by atoms with Crippen LogP contribution in [0.2, 0.25) is 5.15 Å². The van der Waals surface area contributed by atoms with E-state index < -0.39 is 0 Å². The Balaban J connectivity index is 1.80. The molecular formula is C16H21ClN2O2. The Hall–Kier alpha value is -1.13. The lowest BCUT2D eigenvalue weighted by molar-refractivity contribution is 0.0752. The van der Waals surface area contributed by atoms with Crippen LogP contribution in [0.25, 0.3) is 0 Å². The SMILES string of the molecule is CC(C)c1cc(C(=O)N2CC3CCC(O)C3C2)cc(Cl)n1. The van der Waals surface area contributed by atoms with Gasteiger partial charge in [0, 0.05) is 30.3 Å². The highest BCUT2D eigenvalue weighted by molar-refractivity contribution is 6.29. The Morgan fingerprint density at radius 1 is 1.38 bits per heavy atom. The van der Waals surface area contributed by atoms with Gasteiger partial charge in [-0.2, -0.15) is 0 Å². The van der Waals surface area contributed by atoms with Crippen LogP contribution < -0.4 is 0 Å². The fourth-order valence-corrected chi connectivity index (χ4v) is 3.74. The highest BCUT2D eigenvalue weighted by atomic mass is 35.5. The second-order valence-electron chi connectivity index (χ2n) is 6.54. The van der Waals surface area contributed by atoms with Crippen molar-refractivity contribution < 1.29 is 9.90 Å². The van der Waals surface area contributed by atoms with Gasteiger partial charge in [0.05, 0.1) is 6.10 Å². The van der Waals surface area contributed by atoms with Gasteiger partial charge in [0.25, 0.3) is 5.91 Å². The molecule has 1 aliphatic heterocycles. The smallest absolute Gasteiger partial charge is 0.254 e. The fraction of sp³-hybridized carbons (Fsp3) is 0.625. The molecule has 1 N–H and O–H groups in total. The molecule has 5 heteroatoms. The molecule has 3 atom stereocenters. The predicted octanol–water partition coefficient (Wildman–Crippen LogP) is 2.70. The summed E-state index contributed by atoms with van der Waals surface area (Å²) in [5.74, 6) is 0.930. The molecule has 21 heavy (non-hydrogen) atoms. The van der Waals surface area contributed by atoms with E-state index in [1.807, 2.05) is 24.8 Å². The molecule has 1 saturated heterocycles. The van der Waals surface area contributed by atoms with E-state index in [2.05, 4.69) is 4.98 Å². The monoisotopic (exact) mass is 308 g/mol. The average Bonchev–Trinajstić information content (AvgIpc) is 3.00. The number of hydrogen-bond donors (Lipinski definition) is 1. The third-order valence-electron chi connectivity index (χ3n) is 4.76.